The maximum atomic E-state index is 11.1. The highest BCUT2D eigenvalue weighted by atomic mass is 16.5. The molecule has 0 aliphatic carbocycles. The van der Waals surface area contributed by atoms with Crippen molar-refractivity contribution in [3.63, 3.8) is 0 Å². The van der Waals surface area contributed by atoms with Crippen LogP contribution in [0.15, 0.2) is 0 Å². The van der Waals surface area contributed by atoms with Crippen molar-refractivity contribution < 1.29 is 9.53 Å². The minimum Gasteiger partial charge on any atom is -0.457 e. The number of aromatic nitrogens is 3. The quantitative estimate of drug-likeness (QED) is 0.607. The third-order valence-corrected chi connectivity index (χ3v) is 1.04. The smallest absolute Gasteiger partial charge is 0.376 e. The number of anilines is 1. The molecule has 1 heterocycles. The molecule has 0 aliphatic rings. The van der Waals surface area contributed by atoms with Crippen LogP contribution in [0.2, 0.25) is 0 Å². The van der Waals surface area contributed by atoms with Gasteiger partial charge in [-0.1, -0.05) is 0 Å². The molecule has 1 aromatic rings. The first-order valence-corrected chi connectivity index (χ1v) is 3.48. The highest BCUT2D eigenvalue weighted by molar-refractivity contribution is 5.85. The van der Waals surface area contributed by atoms with Crippen LogP contribution in [0.25, 0.3) is 0 Å². The number of carbonyl (C=O) groups is 1. The summed E-state index contributed by atoms with van der Waals surface area (Å²) in [5, 5.41) is 5.84. The van der Waals surface area contributed by atoms with Crippen molar-refractivity contribution in [3.8, 4) is 0 Å². The molecular weight excluding hydrogens is 160 g/mol. The second-order valence-corrected chi connectivity index (χ2v) is 2.50. The average Bonchev–Trinajstić information content (AvgIpc) is 2.34. The van der Waals surface area contributed by atoms with Gasteiger partial charge in [0.15, 0.2) is 0 Å². The number of nitrogens with two attached hydrogens (primary N) is 1. The SMILES string of the molecule is CC(C)OC(=O)c1nc(N)n[nH]1. The fourth-order valence-electron chi connectivity index (χ4n) is 0.636. The number of nitrogens with zero attached hydrogens (tertiary/aromatic N) is 2. The lowest BCUT2D eigenvalue weighted by Gasteiger charge is -2.04. The molecule has 0 saturated carbocycles. The number of nitrogens with one attached hydrogen (secondary N) is 1. The first kappa shape index (κ1) is 8.51. The molecule has 66 valence electrons. The Bertz CT molecular complexity index is 281. The minimum absolute atomic E-state index is 0.0289. The first-order valence-electron chi connectivity index (χ1n) is 3.48. The van der Waals surface area contributed by atoms with E-state index in [2.05, 4.69) is 15.2 Å². The van der Waals surface area contributed by atoms with Gasteiger partial charge >= 0.3 is 5.97 Å². The standard InChI is InChI=1S/C6H10N4O2/c1-3(2)12-5(11)4-8-6(7)10-9-4/h3H,1-2H3,(H3,7,8,9,10). The second-order valence-electron chi connectivity index (χ2n) is 2.50. The summed E-state index contributed by atoms with van der Waals surface area (Å²) in [5.74, 6) is -0.485. The summed E-state index contributed by atoms with van der Waals surface area (Å²) in [6.07, 6.45) is -0.177. The van der Waals surface area contributed by atoms with Gasteiger partial charge in [0.1, 0.15) is 0 Å². The molecule has 12 heavy (non-hydrogen) atoms. The maximum Gasteiger partial charge on any atom is 0.376 e. The Kier molecular flexibility index (Phi) is 2.27. The number of aromatic amines is 1. The van der Waals surface area contributed by atoms with E-state index in [1.165, 1.54) is 0 Å². The van der Waals surface area contributed by atoms with Crippen molar-refractivity contribution in [1.29, 1.82) is 0 Å². The van der Waals surface area contributed by atoms with Gasteiger partial charge in [-0.05, 0) is 13.8 Å². The summed E-state index contributed by atoms with van der Waals surface area (Å²) in [7, 11) is 0. The van der Waals surface area contributed by atoms with E-state index in [0.717, 1.165) is 0 Å². The summed E-state index contributed by atoms with van der Waals surface area (Å²) in [5.41, 5.74) is 5.19. The van der Waals surface area contributed by atoms with Gasteiger partial charge in [-0.15, -0.1) is 5.10 Å². The molecule has 6 nitrogen and oxygen atoms in total. The Morgan fingerprint density at radius 1 is 1.67 bits per heavy atom. The Morgan fingerprint density at radius 2 is 2.33 bits per heavy atom. The molecule has 0 spiro atoms. The van der Waals surface area contributed by atoms with E-state index in [1.54, 1.807) is 13.8 Å². The van der Waals surface area contributed by atoms with E-state index >= 15 is 0 Å². The third kappa shape index (κ3) is 1.94. The second kappa shape index (κ2) is 3.21. The Hall–Kier alpha value is -1.59. The van der Waals surface area contributed by atoms with Crippen LogP contribution in [-0.2, 0) is 4.74 Å². The number of esters is 1. The number of ether oxygens (including phenoxy) is 1. The van der Waals surface area contributed by atoms with Gasteiger partial charge in [0.2, 0.25) is 11.8 Å². The van der Waals surface area contributed by atoms with Crippen LogP contribution in [0, 0.1) is 0 Å². The summed E-state index contributed by atoms with van der Waals surface area (Å²) in [6, 6.07) is 0. The molecule has 6 heteroatoms. The normalized spacial score (nSPS) is 10.2. The van der Waals surface area contributed by atoms with Gasteiger partial charge in [0.25, 0.3) is 0 Å². The van der Waals surface area contributed by atoms with Crippen molar-refractivity contribution in [2.45, 2.75) is 20.0 Å². The van der Waals surface area contributed by atoms with E-state index < -0.39 is 5.97 Å². The predicted octanol–water partition coefficient (Wildman–Crippen LogP) is -0.0479. The van der Waals surface area contributed by atoms with Crippen molar-refractivity contribution in [2.24, 2.45) is 0 Å². The summed E-state index contributed by atoms with van der Waals surface area (Å²) in [6.45, 7) is 3.50. The van der Waals surface area contributed by atoms with E-state index in [1.807, 2.05) is 0 Å². The van der Waals surface area contributed by atoms with Crippen LogP contribution in [0.4, 0.5) is 5.95 Å². The fourth-order valence-corrected chi connectivity index (χ4v) is 0.636. The molecule has 0 bridgehead atoms. The van der Waals surface area contributed by atoms with Gasteiger partial charge in [-0.2, -0.15) is 4.98 Å². The van der Waals surface area contributed by atoms with Crippen LogP contribution >= 0.6 is 0 Å². The molecule has 0 fully saturated rings. The van der Waals surface area contributed by atoms with E-state index in [9.17, 15) is 4.79 Å². The van der Waals surface area contributed by atoms with Crippen LogP contribution < -0.4 is 5.73 Å². The average molecular weight is 170 g/mol. The predicted molar refractivity (Wildman–Crippen MR) is 41.3 cm³/mol. The summed E-state index contributed by atoms with van der Waals surface area (Å²) in [4.78, 5) is 14.7. The van der Waals surface area contributed by atoms with Crippen LogP contribution in [0.1, 0.15) is 24.5 Å². The Balaban J connectivity index is 2.65. The number of hydrogen-bond acceptors (Lipinski definition) is 5. The molecule has 3 N–H and O–H groups in total. The molecule has 0 aromatic carbocycles. The van der Waals surface area contributed by atoms with Crippen LogP contribution in [0.5, 0.6) is 0 Å². The number of rotatable bonds is 2. The van der Waals surface area contributed by atoms with Gasteiger partial charge < -0.3 is 10.5 Å². The molecule has 1 aromatic heterocycles. The van der Waals surface area contributed by atoms with Crippen molar-refractivity contribution >= 4 is 11.9 Å². The third-order valence-electron chi connectivity index (χ3n) is 1.04. The molecule has 0 saturated heterocycles. The highest BCUT2D eigenvalue weighted by Crippen LogP contribution is 1.98. The molecular formula is C6H10N4O2. The zero-order chi connectivity index (χ0) is 9.14. The molecule has 0 atom stereocenters. The number of H-pyrrole nitrogens is 1. The molecule has 0 radical (unpaired) electrons. The Labute approximate surface area is 69.1 Å². The first-order chi connectivity index (χ1) is 5.59. The summed E-state index contributed by atoms with van der Waals surface area (Å²) >= 11 is 0. The Morgan fingerprint density at radius 3 is 2.75 bits per heavy atom. The van der Waals surface area contributed by atoms with Crippen LogP contribution in [0.3, 0.4) is 0 Å². The maximum absolute atomic E-state index is 11.1. The van der Waals surface area contributed by atoms with Crippen molar-refractivity contribution in [3.05, 3.63) is 5.82 Å². The van der Waals surface area contributed by atoms with Crippen molar-refractivity contribution in [2.75, 3.05) is 5.73 Å². The lowest BCUT2D eigenvalue weighted by Crippen LogP contribution is -2.13. The van der Waals surface area contributed by atoms with Crippen molar-refractivity contribution in [1.82, 2.24) is 15.2 Å². The zero-order valence-electron chi connectivity index (χ0n) is 6.87. The van der Waals surface area contributed by atoms with Crippen LogP contribution in [-0.4, -0.2) is 27.3 Å². The molecule has 1 rings (SSSR count). The zero-order valence-corrected chi connectivity index (χ0v) is 6.87. The monoisotopic (exact) mass is 170 g/mol. The van der Waals surface area contributed by atoms with E-state index in [-0.39, 0.29) is 17.9 Å². The van der Waals surface area contributed by atoms with Gasteiger partial charge in [-0.25, -0.2) is 4.79 Å². The largest absolute Gasteiger partial charge is 0.457 e. The fraction of sp³-hybridized carbons (Fsp3) is 0.500. The highest BCUT2D eigenvalue weighted by Gasteiger charge is 2.12. The lowest BCUT2D eigenvalue weighted by atomic mass is 10.5. The van der Waals surface area contributed by atoms with E-state index in [0.29, 0.717) is 0 Å². The van der Waals surface area contributed by atoms with Gasteiger partial charge in [0, 0.05) is 0 Å². The number of carbonyl (C=O) groups excluding carboxylic acids is 1. The van der Waals surface area contributed by atoms with Gasteiger partial charge in [-0.3, -0.25) is 5.10 Å². The number of nitrogen functional groups attached to an aromatic ring is 1. The summed E-state index contributed by atoms with van der Waals surface area (Å²) < 4.78 is 4.82. The number of hydrogen-bond donors (Lipinski definition) is 2. The molecule has 0 aliphatic heterocycles. The minimum atomic E-state index is -0.547. The topological polar surface area (TPSA) is 93.9 Å². The van der Waals surface area contributed by atoms with Gasteiger partial charge in [0.05, 0.1) is 6.10 Å². The lowest BCUT2D eigenvalue weighted by molar-refractivity contribution is 0.0364. The van der Waals surface area contributed by atoms with E-state index in [4.69, 9.17) is 10.5 Å². The molecule has 0 unspecified atom stereocenters. The molecule has 0 amide bonds.